The molecule has 0 bridgehead atoms. The number of fused-ring (bicyclic) bond motifs is 1. The molecule has 0 aliphatic carbocycles. The second-order valence-corrected chi connectivity index (χ2v) is 6.37. The highest BCUT2D eigenvalue weighted by Crippen LogP contribution is 2.40. The van der Waals surface area contributed by atoms with Crippen LogP contribution in [0.2, 0.25) is 5.02 Å². The summed E-state index contributed by atoms with van der Waals surface area (Å²) in [4.78, 5) is 4.38. The lowest BCUT2D eigenvalue weighted by molar-refractivity contribution is 0.628. The van der Waals surface area contributed by atoms with Crippen LogP contribution in [0, 0.1) is 12.7 Å². The highest BCUT2D eigenvalue weighted by Gasteiger charge is 2.20. The smallest absolute Gasteiger partial charge is 0.124 e. The molecule has 0 N–H and O–H groups in total. The molecule has 0 aliphatic heterocycles. The van der Waals surface area contributed by atoms with Crippen LogP contribution in [0.15, 0.2) is 54.9 Å². The molecule has 0 saturated heterocycles. The molecule has 0 saturated carbocycles. The van der Waals surface area contributed by atoms with Gasteiger partial charge in [-0.1, -0.05) is 35.9 Å². The number of hydrogen-bond donors (Lipinski definition) is 0. The highest BCUT2D eigenvalue weighted by molar-refractivity contribution is 6.33. The molecular formula is C20H15ClFN3. The Morgan fingerprint density at radius 1 is 1.04 bits per heavy atom. The van der Waals surface area contributed by atoms with Gasteiger partial charge in [0, 0.05) is 41.5 Å². The van der Waals surface area contributed by atoms with Crippen molar-refractivity contribution in [3.63, 3.8) is 0 Å². The molecule has 124 valence electrons. The summed E-state index contributed by atoms with van der Waals surface area (Å²) < 4.78 is 15.3. The van der Waals surface area contributed by atoms with Gasteiger partial charge in [0.15, 0.2) is 0 Å². The highest BCUT2D eigenvalue weighted by atomic mass is 35.5. The van der Waals surface area contributed by atoms with E-state index in [9.17, 15) is 4.39 Å². The third kappa shape index (κ3) is 2.59. The second-order valence-electron chi connectivity index (χ2n) is 5.96. The lowest BCUT2D eigenvalue weighted by Crippen LogP contribution is -1.96. The summed E-state index contributed by atoms with van der Waals surface area (Å²) in [5.41, 5.74) is 4.37. The van der Waals surface area contributed by atoms with E-state index < -0.39 is 0 Å². The molecular weight excluding hydrogens is 337 g/mol. The van der Waals surface area contributed by atoms with Crippen molar-refractivity contribution >= 4 is 22.4 Å². The molecule has 5 heteroatoms. The van der Waals surface area contributed by atoms with E-state index >= 15 is 0 Å². The Morgan fingerprint density at radius 3 is 2.64 bits per heavy atom. The van der Waals surface area contributed by atoms with Crippen molar-refractivity contribution in [1.82, 2.24) is 14.8 Å². The van der Waals surface area contributed by atoms with Crippen LogP contribution < -0.4 is 0 Å². The molecule has 4 rings (SSSR count). The Morgan fingerprint density at radius 2 is 1.84 bits per heavy atom. The first-order chi connectivity index (χ1) is 12.1. The fourth-order valence-corrected chi connectivity index (χ4v) is 3.55. The lowest BCUT2D eigenvalue weighted by Gasteiger charge is -2.11. The van der Waals surface area contributed by atoms with E-state index in [-0.39, 0.29) is 5.82 Å². The molecule has 2 heterocycles. The normalized spacial score (nSPS) is 11.2. The minimum Gasteiger partial charge on any atom is -0.267 e. The van der Waals surface area contributed by atoms with Crippen LogP contribution in [-0.4, -0.2) is 14.8 Å². The lowest BCUT2D eigenvalue weighted by atomic mass is 9.97. The third-order valence-corrected chi connectivity index (χ3v) is 4.66. The van der Waals surface area contributed by atoms with Crippen molar-refractivity contribution in [2.24, 2.45) is 7.05 Å². The average molecular weight is 352 g/mol. The third-order valence-electron chi connectivity index (χ3n) is 4.35. The molecule has 2 aromatic carbocycles. The quantitative estimate of drug-likeness (QED) is 0.484. The SMILES string of the molecule is Cc1nn(C)c(-c2cncc3ccccc23)c1-c1ccc(F)cc1Cl. The number of aromatic nitrogens is 3. The van der Waals surface area contributed by atoms with Crippen LogP contribution in [0.1, 0.15) is 5.69 Å². The largest absolute Gasteiger partial charge is 0.267 e. The monoisotopic (exact) mass is 351 g/mol. The maximum Gasteiger partial charge on any atom is 0.124 e. The Balaban J connectivity index is 2.06. The van der Waals surface area contributed by atoms with E-state index in [1.807, 2.05) is 49.2 Å². The van der Waals surface area contributed by atoms with Crippen molar-refractivity contribution in [2.75, 3.05) is 0 Å². The van der Waals surface area contributed by atoms with Crippen molar-refractivity contribution in [1.29, 1.82) is 0 Å². The number of halogens is 2. The van der Waals surface area contributed by atoms with E-state index in [0.29, 0.717) is 5.02 Å². The predicted octanol–water partition coefficient (Wildman–Crippen LogP) is 5.40. The Hall–Kier alpha value is -2.72. The summed E-state index contributed by atoms with van der Waals surface area (Å²) in [7, 11) is 1.89. The van der Waals surface area contributed by atoms with Crippen LogP contribution >= 0.6 is 11.6 Å². The van der Waals surface area contributed by atoms with Gasteiger partial charge >= 0.3 is 0 Å². The van der Waals surface area contributed by atoms with E-state index in [2.05, 4.69) is 16.1 Å². The molecule has 0 atom stereocenters. The van der Waals surface area contributed by atoms with Crippen LogP contribution in [0.5, 0.6) is 0 Å². The topological polar surface area (TPSA) is 30.7 Å². The van der Waals surface area contributed by atoms with Gasteiger partial charge in [-0.2, -0.15) is 5.10 Å². The van der Waals surface area contributed by atoms with Crippen LogP contribution in [0.4, 0.5) is 4.39 Å². The van der Waals surface area contributed by atoms with Gasteiger partial charge in [-0.25, -0.2) is 4.39 Å². The fourth-order valence-electron chi connectivity index (χ4n) is 3.29. The summed E-state index contributed by atoms with van der Waals surface area (Å²) in [5, 5.41) is 7.07. The number of benzene rings is 2. The zero-order chi connectivity index (χ0) is 17.6. The zero-order valence-electron chi connectivity index (χ0n) is 13.8. The minimum atomic E-state index is -0.358. The van der Waals surface area contributed by atoms with Gasteiger partial charge < -0.3 is 0 Å². The standard InChI is InChI=1S/C20H15ClFN3/c1-12-19(16-8-7-14(22)9-18(16)21)20(25(2)24-12)17-11-23-10-13-5-3-4-6-15(13)17/h3-11H,1-2H3. The van der Waals surface area contributed by atoms with Gasteiger partial charge in [0.05, 0.1) is 16.4 Å². The first kappa shape index (κ1) is 15.8. The van der Waals surface area contributed by atoms with Gasteiger partial charge in [0.1, 0.15) is 5.82 Å². The van der Waals surface area contributed by atoms with E-state index in [1.54, 1.807) is 6.07 Å². The molecule has 0 fully saturated rings. The van der Waals surface area contributed by atoms with E-state index in [1.165, 1.54) is 12.1 Å². The van der Waals surface area contributed by atoms with Crippen LogP contribution in [0.3, 0.4) is 0 Å². The van der Waals surface area contributed by atoms with Crippen molar-refractivity contribution in [2.45, 2.75) is 6.92 Å². The average Bonchev–Trinajstić information content (AvgIpc) is 2.88. The molecule has 0 aliphatic rings. The zero-order valence-corrected chi connectivity index (χ0v) is 14.5. The Labute approximate surface area is 149 Å². The summed E-state index contributed by atoms with van der Waals surface area (Å²) >= 11 is 6.33. The van der Waals surface area contributed by atoms with Crippen molar-refractivity contribution < 1.29 is 4.39 Å². The maximum absolute atomic E-state index is 13.5. The molecule has 0 unspecified atom stereocenters. The number of nitrogens with zero attached hydrogens (tertiary/aromatic N) is 3. The van der Waals surface area contributed by atoms with Gasteiger partial charge in [-0.15, -0.1) is 0 Å². The van der Waals surface area contributed by atoms with Crippen molar-refractivity contribution in [3.8, 4) is 22.4 Å². The molecule has 25 heavy (non-hydrogen) atoms. The van der Waals surface area contributed by atoms with Gasteiger partial charge in [0.25, 0.3) is 0 Å². The molecule has 3 nitrogen and oxygen atoms in total. The number of rotatable bonds is 2. The molecule has 2 aromatic heterocycles. The summed E-state index contributed by atoms with van der Waals surface area (Å²) in [6.45, 7) is 1.93. The summed E-state index contributed by atoms with van der Waals surface area (Å²) in [6.07, 6.45) is 3.67. The van der Waals surface area contributed by atoms with Crippen molar-refractivity contribution in [3.05, 3.63) is 71.4 Å². The predicted molar refractivity (Wildman–Crippen MR) is 99.1 cm³/mol. The first-order valence-corrected chi connectivity index (χ1v) is 8.26. The van der Waals surface area contributed by atoms with Gasteiger partial charge in [-0.05, 0) is 30.5 Å². The van der Waals surface area contributed by atoms with Crippen LogP contribution in [-0.2, 0) is 7.05 Å². The summed E-state index contributed by atoms with van der Waals surface area (Å²) in [6, 6.07) is 12.5. The first-order valence-electron chi connectivity index (χ1n) is 7.88. The maximum atomic E-state index is 13.5. The summed E-state index contributed by atoms with van der Waals surface area (Å²) in [5.74, 6) is -0.358. The van der Waals surface area contributed by atoms with Crippen LogP contribution in [0.25, 0.3) is 33.2 Å². The second kappa shape index (κ2) is 5.97. The van der Waals surface area contributed by atoms with E-state index in [4.69, 9.17) is 11.6 Å². The van der Waals surface area contributed by atoms with Gasteiger partial charge in [-0.3, -0.25) is 9.67 Å². The Bertz CT molecular complexity index is 1100. The Kier molecular flexibility index (Phi) is 3.77. The molecule has 0 spiro atoms. The van der Waals surface area contributed by atoms with Gasteiger partial charge in [0.2, 0.25) is 0 Å². The molecule has 0 radical (unpaired) electrons. The number of aryl methyl sites for hydroxylation is 2. The fraction of sp³-hybridized carbons (Fsp3) is 0.100. The minimum absolute atomic E-state index is 0.358. The molecule has 0 amide bonds. The number of hydrogen-bond acceptors (Lipinski definition) is 2. The number of pyridine rings is 1. The van der Waals surface area contributed by atoms with E-state index in [0.717, 1.165) is 38.9 Å². The molecule has 4 aromatic rings.